The summed E-state index contributed by atoms with van der Waals surface area (Å²) in [5, 5.41) is 6.89. The number of nitrogens with one attached hydrogen (secondary N) is 1. The predicted molar refractivity (Wildman–Crippen MR) is 69.7 cm³/mol. The first-order valence-electron chi connectivity index (χ1n) is 6.36. The third-order valence-corrected chi connectivity index (χ3v) is 3.25. The molecular formula is C13H20N4O. The second-order valence-electron chi connectivity index (χ2n) is 4.72. The smallest absolute Gasteiger partial charge is 0.241 e. The molecule has 5 nitrogen and oxygen atoms in total. The van der Waals surface area contributed by atoms with Gasteiger partial charge < -0.3 is 11.1 Å². The molecule has 2 rings (SSSR count). The average Bonchev–Trinajstić information content (AvgIpc) is 2.99. The summed E-state index contributed by atoms with van der Waals surface area (Å²) < 4.78 is 1.64. The zero-order valence-corrected chi connectivity index (χ0v) is 10.7. The third-order valence-electron chi connectivity index (χ3n) is 3.25. The number of nitrogens with two attached hydrogens (primary N) is 1. The molecule has 98 valence electrons. The minimum atomic E-state index is -0.628. The van der Waals surface area contributed by atoms with Crippen LogP contribution in [0.15, 0.2) is 24.0 Å². The van der Waals surface area contributed by atoms with E-state index in [1.165, 1.54) is 24.8 Å². The number of nitrogens with zero attached hydrogens (tertiary/aromatic N) is 2. The van der Waals surface area contributed by atoms with Gasteiger partial charge in [-0.3, -0.25) is 9.48 Å². The quantitative estimate of drug-likeness (QED) is 0.765. The molecule has 1 aliphatic carbocycles. The van der Waals surface area contributed by atoms with Gasteiger partial charge in [0.05, 0.1) is 6.20 Å². The molecule has 0 saturated heterocycles. The van der Waals surface area contributed by atoms with Crippen LogP contribution in [0.2, 0.25) is 0 Å². The third kappa shape index (κ3) is 3.20. The first-order chi connectivity index (χ1) is 8.66. The lowest BCUT2D eigenvalue weighted by molar-refractivity contribution is -0.122. The van der Waals surface area contributed by atoms with Gasteiger partial charge in [-0.1, -0.05) is 11.6 Å². The molecule has 1 aliphatic rings. The van der Waals surface area contributed by atoms with Gasteiger partial charge in [-0.25, -0.2) is 0 Å². The molecule has 0 saturated carbocycles. The van der Waals surface area contributed by atoms with E-state index < -0.39 is 6.04 Å². The molecule has 0 spiro atoms. The number of carbonyl (C=O) groups excluding carboxylic acids is 1. The maximum Gasteiger partial charge on any atom is 0.241 e. The molecular weight excluding hydrogens is 228 g/mol. The Balaban J connectivity index is 1.77. The molecule has 1 heterocycles. The lowest BCUT2D eigenvalue weighted by Gasteiger charge is -2.10. The average molecular weight is 248 g/mol. The van der Waals surface area contributed by atoms with Crippen molar-refractivity contribution in [1.29, 1.82) is 0 Å². The maximum absolute atomic E-state index is 11.8. The van der Waals surface area contributed by atoms with E-state index in [2.05, 4.69) is 16.5 Å². The van der Waals surface area contributed by atoms with Crippen molar-refractivity contribution < 1.29 is 4.79 Å². The van der Waals surface area contributed by atoms with E-state index in [0.717, 1.165) is 12.0 Å². The predicted octanol–water partition coefficient (Wildman–Crippen LogP) is 1.04. The normalized spacial score (nSPS) is 16.4. The lowest BCUT2D eigenvalue weighted by atomic mass is 10.1. The highest BCUT2D eigenvalue weighted by atomic mass is 16.2. The van der Waals surface area contributed by atoms with E-state index in [4.69, 9.17) is 5.73 Å². The fourth-order valence-electron chi connectivity index (χ4n) is 2.17. The molecule has 0 aromatic carbocycles. The van der Waals surface area contributed by atoms with Crippen LogP contribution < -0.4 is 11.1 Å². The van der Waals surface area contributed by atoms with E-state index in [1.807, 2.05) is 0 Å². The molecule has 1 unspecified atom stereocenters. The monoisotopic (exact) mass is 248 g/mol. The lowest BCUT2D eigenvalue weighted by Crippen LogP contribution is -2.34. The minimum absolute atomic E-state index is 0.137. The summed E-state index contributed by atoms with van der Waals surface area (Å²) in [5.74, 6) is -0.137. The van der Waals surface area contributed by atoms with Crippen LogP contribution >= 0.6 is 0 Å². The molecule has 0 bridgehead atoms. The Hall–Kier alpha value is -1.62. The van der Waals surface area contributed by atoms with Crippen molar-refractivity contribution in [3.05, 3.63) is 29.6 Å². The number of rotatable bonds is 5. The van der Waals surface area contributed by atoms with Crippen LogP contribution in [0.5, 0.6) is 0 Å². The van der Waals surface area contributed by atoms with Crippen molar-refractivity contribution in [2.24, 2.45) is 12.8 Å². The standard InChI is InChI=1S/C13H20N4O/c1-17-9-11(8-16-17)12(14)13(18)15-7-6-10-4-2-3-5-10/h4,8-9,12H,2-3,5-7,14H2,1H3,(H,15,18). The van der Waals surface area contributed by atoms with Crippen LogP contribution in [0, 0.1) is 0 Å². The number of allylic oxidation sites excluding steroid dienone is 1. The summed E-state index contributed by atoms with van der Waals surface area (Å²) >= 11 is 0. The molecule has 18 heavy (non-hydrogen) atoms. The summed E-state index contributed by atoms with van der Waals surface area (Å²) in [6, 6.07) is -0.628. The zero-order valence-electron chi connectivity index (χ0n) is 10.7. The van der Waals surface area contributed by atoms with Crippen molar-refractivity contribution in [3.8, 4) is 0 Å². The van der Waals surface area contributed by atoms with Crippen molar-refractivity contribution in [3.63, 3.8) is 0 Å². The van der Waals surface area contributed by atoms with Crippen molar-refractivity contribution in [2.75, 3.05) is 6.54 Å². The van der Waals surface area contributed by atoms with Gasteiger partial charge in [-0.15, -0.1) is 0 Å². The summed E-state index contributed by atoms with van der Waals surface area (Å²) in [4.78, 5) is 11.8. The number of carbonyl (C=O) groups is 1. The topological polar surface area (TPSA) is 72.9 Å². The van der Waals surface area contributed by atoms with Crippen LogP contribution in [-0.4, -0.2) is 22.2 Å². The Kier molecular flexibility index (Phi) is 4.15. The highest BCUT2D eigenvalue weighted by Crippen LogP contribution is 2.19. The van der Waals surface area contributed by atoms with Gasteiger partial charge in [0.15, 0.2) is 0 Å². The molecule has 1 aromatic rings. The summed E-state index contributed by atoms with van der Waals surface area (Å²) in [5.41, 5.74) is 8.06. The van der Waals surface area contributed by atoms with Crippen LogP contribution in [0.3, 0.4) is 0 Å². The summed E-state index contributed by atoms with van der Waals surface area (Å²) in [6.45, 7) is 0.665. The Morgan fingerprint density at radius 1 is 1.67 bits per heavy atom. The second kappa shape index (κ2) is 5.82. The first kappa shape index (κ1) is 12.8. The second-order valence-corrected chi connectivity index (χ2v) is 4.72. The Bertz CT molecular complexity index is 450. The first-order valence-corrected chi connectivity index (χ1v) is 6.36. The maximum atomic E-state index is 11.8. The fourth-order valence-corrected chi connectivity index (χ4v) is 2.17. The van der Waals surface area contributed by atoms with Crippen LogP contribution in [0.4, 0.5) is 0 Å². The molecule has 0 radical (unpaired) electrons. The highest BCUT2D eigenvalue weighted by Gasteiger charge is 2.16. The minimum Gasteiger partial charge on any atom is -0.354 e. The number of hydrogen-bond acceptors (Lipinski definition) is 3. The molecule has 5 heteroatoms. The van der Waals surface area contributed by atoms with E-state index in [0.29, 0.717) is 6.54 Å². The van der Waals surface area contributed by atoms with Gasteiger partial charge in [0.1, 0.15) is 6.04 Å². The van der Waals surface area contributed by atoms with E-state index in [-0.39, 0.29) is 5.91 Å². The molecule has 3 N–H and O–H groups in total. The van der Waals surface area contributed by atoms with E-state index in [1.54, 1.807) is 24.1 Å². The van der Waals surface area contributed by atoms with Crippen LogP contribution in [0.1, 0.15) is 37.3 Å². The zero-order chi connectivity index (χ0) is 13.0. The Labute approximate surface area is 107 Å². The number of amides is 1. The van der Waals surface area contributed by atoms with Crippen molar-refractivity contribution in [2.45, 2.75) is 31.7 Å². The number of aromatic nitrogens is 2. The van der Waals surface area contributed by atoms with Crippen LogP contribution in [0.25, 0.3) is 0 Å². The van der Waals surface area contributed by atoms with Crippen molar-refractivity contribution in [1.82, 2.24) is 15.1 Å². The number of aryl methyl sites for hydroxylation is 1. The Morgan fingerprint density at radius 2 is 2.50 bits per heavy atom. The van der Waals surface area contributed by atoms with Gasteiger partial charge in [0.25, 0.3) is 0 Å². The van der Waals surface area contributed by atoms with Gasteiger partial charge in [0.2, 0.25) is 5.91 Å². The van der Waals surface area contributed by atoms with Gasteiger partial charge in [0, 0.05) is 25.4 Å². The van der Waals surface area contributed by atoms with Gasteiger partial charge >= 0.3 is 0 Å². The van der Waals surface area contributed by atoms with E-state index in [9.17, 15) is 4.79 Å². The van der Waals surface area contributed by atoms with Gasteiger partial charge in [-0.05, 0) is 25.7 Å². The molecule has 0 aliphatic heterocycles. The highest BCUT2D eigenvalue weighted by molar-refractivity contribution is 5.82. The largest absolute Gasteiger partial charge is 0.354 e. The molecule has 1 amide bonds. The molecule has 1 atom stereocenters. The Morgan fingerprint density at radius 3 is 3.11 bits per heavy atom. The molecule has 0 fully saturated rings. The van der Waals surface area contributed by atoms with Crippen LogP contribution in [-0.2, 0) is 11.8 Å². The summed E-state index contributed by atoms with van der Waals surface area (Å²) in [7, 11) is 1.81. The van der Waals surface area contributed by atoms with E-state index >= 15 is 0 Å². The number of hydrogen-bond donors (Lipinski definition) is 2. The SMILES string of the molecule is Cn1cc(C(N)C(=O)NCCC2=CCCC2)cn1. The van der Waals surface area contributed by atoms with Crippen molar-refractivity contribution >= 4 is 5.91 Å². The molecule has 1 aromatic heterocycles. The fraction of sp³-hybridized carbons (Fsp3) is 0.538. The van der Waals surface area contributed by atoms with Gasteiger partial charge in [-0.2, -0.15) is 5.10 Å². The summed E-state index contributed by atoms with van der Waals surface area (Å²) in [6.07, 6.45) is 10.2.